The molecule has 1 amide bonds. The second-order valence-corrected chi connectivity index (χ2v) is 5.47. The number of benzene rings is 1. The van der Waals surface area contributed by atoms with Crippen LogP contribution in [0.2, 0.25) is 0 Å². The summed E-state index contributed by atoms with van der Waals surface area (Å²) in [5.74, 6) is 1.53. The fourth-order valence-corrected chi connectivity index (χ4v) is 2.52. The first kappa shape index (κ1) is 18.7. The van der Waals surface area contributed by atoms with Crippen molar-refractivity contribution in [1.29, 1.82) is 0 Å². The van der Waals surface area contributed by atoms with Gasteiger partial charge in [0, 0.05) is 0 Å². The fourth-order valence-electron chi connectivity index (χ4n) is 2.52. The number of rotatable bonds is 7. The number of para-hydroxylation sites is 1. The second kappa shape index (κ2) is 10.4. The average molecular weight is 328 g/mol. The highest BCUT2D eigenvalue weighted by Gasteiger charge is 2.19. The van der Waals surface area contributed by atoms with Gasteiger partial charge in [0.2, 0.25) is 5.91 Å². The van der Waals surface area contributed by atoms with Crippen LogP contribution >= 0.6 is 12.4 Å². The monoisotopic (exact) mass is 327 g/mol. The van der Waals surface area contributed by atoms with Crippen molar-refractivity contribution in [2.75, 3.05) is 39.3 Å². The van der Waals surface area contributed by atoms with Crippen molar-refractivity contribution < 1.29 is 9.53 Å². The summed E-state index contributed by atoms with van der Waals surface area (Å²) in [6, 6.07) is 9.62. The minimum absolute atomic E-state index is 0. The number of halogens is 1. The van der Waals surface area contributed by atoms with Crippen LogP contribution < -0.4 is 15.8 Å². The molecular weight excluding hydrogens is 302 g/mol. The molecule has 124 valence electrons. The SMILES string of the molecule is Cl.NCC1CCN(CC(=O)NCCOc2ccccc2)CC1. The van der Waals surface area contributed by atoms with Gasteiger partial charge in [-0.25, -0.2) is 0 Å². The summed E-state index contributed by atoms with van der Waals surface area (Å²) in [5.41, 5.74) is 5.67. The van der Waals surface area contributed by atoms with Crippen LogP contribution in [0.1, 0.15) is 12.8 Å². The van der Waals surface area contributed by atoms with Crippen molar-refractivity contribution in [3.63, 3.8) is 0 Å². The molecule has 1 fully saturated rings. The van der Waals surface area contributed by atoms with E-state index in [0.717, 1.165) is 38.2 Å². The Hall–Kier alpha value is -1.30. The number of hydrogen-bond acceptors (Lipinski definition) is 4. The minimum atomic E-state index is 0. The Balaban J connectivity index is 0.00000242. The lowest BCUT2D eigenvalue weighted by molar-refractivity contribution is -0.122. The molecule has 5 nitrogen and oxygen atoms in total. The highest BCUT2D eigenvalue weighted by Crippen LogP contribution is 2.15. The van der Waals surface area contributed by atoms with Crippen molar-refractivity contribution in [3.8, 4) is 5.75 Å². The molecule has 0 atom stereocenters. The van der Waals surface area contributed by atoms with E-state index in [1.54, 1.807) is 0 Å². The van der Waals surface area contributed by atoms with E-state index in [-0.39, 0.29) is 18.3 Å². The zero-order chi connectivity index (χ0) is 14.9. The molecule has 0 saturated carbocycles. The Morgan fingerprint density at radius 1 is 1.27 bits per heavy atom. The van der Waals surface area contributed by atoms with Crippen molar-refractivity contribution in [3.05, 3.63) is 30.3 Å². The normalized spacial score (nSPS) is 15.9. The standard InChI is InChI=1S/C16H25N3O2.ClH/c17-12-14-6-9-19(10-7-14)13-16(20)18-8-11-21-15-4-2-1-3-5-15;/h1-5,14H,6-13,17H2,(H,18,20);1H. The third kappa shape index (κ3) is 6.64. The van der Waals surface area contributed by atoms with E-state index in [0.29, 0.717) is 25.6 Å². The second-order valence-electron chi connectivity index (χ2n) is 5.47. The molecule has 22 heavy (non-hydrogen) atoms. The summed E-state index contributed by atoms with van der Waals surface area (Å²) in [4.78, 5) is 14.0. The van der Waals surface area contributed by atoms with Gasteiger partial charge in [-0.1, -0.05) is 18.2 Å². The lowest BCUT2D eigenvalue weighted by Crippen LogP contribution is -2.43. The van der Waals surface area contributed by atoms with Crippen LogP contribution in [0.25, 0.3) is 0 Å². The molecule has 6 heteroatoms. The summed E-state index contributed by atoms with van der Waals surface area (Å²) in [6.45, 7) is 4.20. The van der Waals surface area contributed by atoms with Crippen molar-refractivity contribution in [2.24, 2.45) is 11.7 Å². The van der Waals surface area contributed by atoms with Gasteiger partial charge in [0.1, 0.15) is 12.4 Å². The molecular formula is C16H26ClN3O2. The number of nitrogens with one attached hydrogen (secondary N) is 1. The van der Waals surface area contributed by atoms with Crippen LogP contribution in [-0.2, 0) is 4.79 Å². The number of piperidine rings is 1. The number of nitrogens with zero attached hydrogens (tertiary/aromatic N) is 1. The molecule has 1 saturated heterocycles. The van der Waals surface area contributed by atoms with Crippen LogP contribution in [-0.4, -0.2) is 50.1 Å². The molecule has 1 aromatic carbocycles. The number of amides is 1. The summed E-state index contributed by atoms with van der Waals surface area (Å²) in [6.07, 6.45) is 2.20. The average Bonchev–Trinajstić information content (AvgIpc) is 2.53. The summed E-state index contributed by atoms with van der Waals surface area (Å²) in [7, 11) is 0. The first-order chi connectivity index (χ1) is 10.3. The Kier molecular flexibility index (Phi) is 8.89. The molecule has 1 heterocycles. The molecule has 2 rings (SSSR count). The zero-order valence-electron chi connectivity index (χ0n) is 12.9. The van der Waals surface area contributed by atoms with E-state index in [1.165, 1.54) is 0 Å². The van der Waals surface area contributed by atoms with Gasteiger partial charge in [0.05, 0.1) is 13.1 Å². The highest BCUT2D eigenvalue weighted by molar-refractivity contribution is 5.85. The number of nitrogens with two attached hydrogens (primary N) is 1. The molecule has 0 bridgehead atoms. The molecule has 0 aliphatic carbocycles. The lowest BCUT2D eigenvalue weighted by atomic mass is 9.97. The molecule has 0 spiro atoms. The Labute approximate surface area is 138 Å². The zero-order valence-corrected chi connectivity index (χ0v) is 13.7. The maximum absolute atomic E-state index is 11.8. The van der Waals surface area contributed by atoms with Gasteiger partial charge in [-0.3, -0.25) is 9.69 Å². The van der Waals surface area contributed by atoms with E-state index in [9.17, 15) is 4.79 Å². The smallest absolute Gasteiger partial charge is 0.234 e. The van der Waals surface area contributed by atoms with Gasteiger partial charge in [-0.2, -0.15) is 0 Å². The third-order valence-electron chi connectivity index (χ3n) is 3.84. The van der Waals surface area contributed by atoms with Gasteiger partial charge in [0.15, 0.2) is 0 Å². The first-order valence-corrected chi connectivity index (χ1v) is 7.65. The largest absolute Gasteiger partial charge is 0.492 e. The fraction of sp³-hybridized carbons (Fsp3) is 0.562. The van der Waals surface area contributed by atoms with Crippen LogP contribution in [0.15, 0.2) is 30.3 Å². The van der Waals surface area contributed by atoms with E-state index in [4.69, 9.17) is 10.5 Å². The van der Waals surface area contributed by atoms with E-state index < -0.39 is 0 Å². The Morgan fingerprint density at radius 3 is 2.59 bits per heavy atom. The molecule has 0 radical (unpaired) electrons. The van der Waals surface area contributed by atoms with Crippen molar-refractivity contribution >= 4 is 18.3 Å². The maximum atomic E-state index is 11.8. The van der Waals surface area contributed by atoms with E-state index in [2.05, 4.69) is 10.2 Å². The quantitative estimate of drug-likeness (QED) is 0.740. The Bertz CT molecular complexity index is 423. The number of hydrogen-bond donors (Lipinski definition) is 2. The first-order valence-electron chi connectivity index (χ1n) is 7.65. The molecule has 1 aromatic rings. The van der Waals surface area contributed by atoms with Crippen molar-refractivity contribution in [2.45, 2.75) is 12.8 Å². The van der Waals surface area contributed by atoms with Crippen LogP contribution in [0.5, 0.6) is 5.75 Å². The highest BCUT2D eigenvalue weighted by atomic mass is 35.5. The van der Waals surface area contributed by atoms with Gasteiger partial charge in [-0.05, 0) is 50.5 Å². The molecule has 1 aliphatic heterocycles. The minimum Gasteiger partial charge on any atom is -0.492 e. The number of carbonyl (C=O) groups excluding carboxylic acids is 1. The Morgan fingerprint density at radius 2 is 1.95 bits per heavy atom. The van der Waals surface area contributed by atoms with Crippen LogP contribution in [0.4, 0.5) is 0 Å². The van der Waals surface area contributed by atoms with Crippen molar-refractivity contribution in [1.82, 2.24) is 10.2 Å². The molecule has 3 N–H and O–H groups in total. The summed E-state index contributed by atoms with van der Waals surface area (Å²) in [5, 5.41) is 2.90. The molecule has 1 aliphatic rings. The lowest BCUT2D eigenvalue weighted by Gasteiger charge is -2.30. The number of carbonyl (C=O) groups is 1. The molecule has 0 aromatic heterocycles. The molecule has 0 unspecified atom stereocenters. The van der Waals surface area contributed by atoms with Gasteiger partial charge >= 0.3 is 0 Å². The topological polar surface area (TPSA) is 67.6 Å². The van der Waals surface area contributed by atoms with Gasteiger partial charge in [-0.15, -0.1) is 12.4 Å². The van der Waals surface area contributed by atoms with E-state index in [1.807, 2.05) is 30.3 Å². The summed E-state index contributed by atoms with van der Waals surface area (Å²) < 4.78 is 5.53. The third-order valence-corrected chi connectivity index (χ3v) is 3.84. The van der Waals surface area contributed by atoms with Crippen LogP contribution in [0, 0.1) is 5.92 Å². The predicted octanol–water partition coefficient (Wildman–Crippen LogP) is 1.27. The maximum Gasteiger partial charge on any atom is 0.234 e. The summed E-state index contributed by atoms with van der Waals surface area (Å²) >= 11 is 0. The number of likely N-dealkylation sites (tertiary alicyclic amines) is 1. The number of ether oxygens (including phenoxy) is 1. The van der Waals surface area contributed by atoms with Gasteiger partial charge in [0.25, 0.3) is 0 Å². The van der Waals surface area contributed by atoms with E-state index >= 15 is 0 Å². The predicted molar refractivity (Wildman–Crippen MR) is 90.4 cm³/mol. The van der Waals surface area contributed by atoms with Gasteiger partial charge < -0.3 is 15.8 Å². The van der Waals surface area contributed by atoms with Crippen LogP contribution in [0.3, 0.4) is 0 Å².